The van der Waals surface area contributed by atoms with Crippen LogP contribution in [0, 0.1) is 0 Å². The molecular formula is C17H13Cl2NO. The van der Waals surface area contributed by atoms with Crippen LogP contribution in [0.25, 0.3) is 11.1 Å². The molecular weight excluding hydrogens is 305 g/mol. The average Bonchev–Trinajstić information content (AvgIpc) is 2.97. The lowest BCUT2D eigenvalue weighted by Gasteiger charge is -2.13. The van der Waals surface area contributed by atoms with Crippen molar-refractivity contribution >= 4 is 23.2 Å². The molecule has 1 heterocycles. The van der Waals surface area contributed by atoms with Crippen LogP contribution in [0.2, 0.25) is 10.0 Å². The van der Waals surface area contributed by atoms with Gasteiger partial charge in [-0.15, -0.1) is 0 Å². The minimum Gasteiger partial charge on any atom is -0.384 e. The molecule has 3 rings (SSSR count). The highest BCUT2D eigenvalue weighted by molar-refractivity contribution is 6.33. The maximum absolute atomic E-state index is 10.6. The number of hydrogen-bond acceptors (Lipinski definition) is 1. The number of nitrogens with one attached hydrogen (secondary N) is 1. The predicted molar refractivity (Wildman–Crippen MR) is 86.8 cm³/mol. The summed E-state index contributed by atoms with van der Waals surface area (Å²) in [7, 11) is 0. The standard InChI is InChI=1S/C17H13Cl2NO/c18-12-7-5-11(6-8-12)17(21)15-10-20-9-14(15)13-3-1-2-4-16(13)19/h1-10,17,20-21H. The molecule has 0 aliphatic rings. The zero-order chi connectivity index (χ0) is 14.8. The molecule has 0 spiro atoms. The van der Waals surface area contributed by atoms with Gasteiger partial charge in [-0.25, -0.2) is 0 Å². The van der Waals surface area contributed by atoms with E-state index in [1.165, 1.54) is 0 Å². The van der Waals surface area contributed by atoms with E-state index in [1.54, 1.807) is 18.3 Å². The normalized spacial score (nSPS) is 12.3. The van der Waals surface area contributed by atoms with E-state index in [2.05, 4.69) is 4.98 Å². The highest BCUT2D eigenvalue weighted by atomic mass is 35.5. The summed E-state index contributed by atoms with van der Waals surface area (Å²) in [4.78, 5) is 3.04. The number of aromatic amines is 1. The van der Waals surface area contributed by atoms with Crippen molar-refractivity contribution in [1.29, 1.82) is 0 Å². The number of aliphatic hydroxyl groups excluding tert-OH is 1. The van der Waals surface area contributed by atoms with Crippen molar-refractivity contribution in [1.82, 2.24) is 4.98 Å². The van der Waals surface area contributed by atoms with Crippen molar-refractivity contribution in [3.05, 3.63) is 82.1 Å². The molecule has 0 aliphatic heterocycles. The van der Waals surface area contributed by atoms with Crippen LogP contribution in [0.1, 0.15) is 17.2 Å². The number of aliphatic hydroxyl groups is 1. The summed E-state index contributed by atoms with van der Waals surface area (Å²) < 4.78 is 0. The fourth-order valence-corrected chi connectivity index (χ4v) is 2.70. The Morgan fingerprint density at radius 2 is 1.57 bits per heavy atom. The molecule has 0 amide bonds. The van der Waals surface area contributed by atoms with E-state index in [0.717, 1.165) is 22.3 Å². The van der Waals surface area contributed by atoms with Crippen LogP contribution in [0.3, 0.4) is 0 Å². The first-order chi connectivity index (χ1) is 10.2. The molecule has 0 saturated heterocycles. The first kappa shape index (κ1) is 14.2. The SMILES string of the molecule is OC(c1ccc(Cl)cc1)c1c[nH]cc1-c1ccccc1Cl. The number of benzene rings is 2. The van der Waals surface area contributed by atoms with Gasteiger partial charge in [0.1, 0.15) is 6.10 Å². The number of H-pyrrole nitrogens is 1. The zero-order valence-electron chi connectivity index (χ0n) is 11.1. The van der Waals surface area contributed by atoms with Crippen LogP contribution in [0.5, 0.6) is 0 Å². The second-order valence-electron chi connectivity index (χ2n) is 4.76. The second-order valence-corrected chi connectivity index (χ2v) is 5.60. The third-order valence-corrected chi connectivity index (χ3v) is 4.00. The van der Waals surface area contributed by atoms with Crippen molar-refractivity contribution in [2.75, 3.05) is 0 Å². The molecule has 0 saturated carbocycles. The Balaban J connectivity index is 2.03. The molecule has 1 unspecified atom stereocenters. The van der Waals surface area contributed by atoms with Gasteiger partial charge in [-0.1, -0.05) is 53.5 Å². The van der Waals surface area contributed by atoms with Crippen LogP contribution in [-0.4, -0.2) is 10.1 Å². The number of halogens is 2. The fraction of sp³-hybridized carbons (Fsp3) is 0.0588. The monoisotopic (exact) mass is 317 g/mol. The lowest BCUT2D eigenvalue weighted by molar-refractivity contribution is 0.221. The summed E-state index contributed by atoms with van der Waals surface area (Å²) in [5.74, 6) is 0. The lowest BCUT2D eigenvalue weighted by Crippen LogP contribution is -1.99. The molecule has 3 aromatic rings. The van der Waals surface area contributed by atoms with E-state index in [9.17, 15) is 5.11 Å². The van der Waals surface area contributed by atoms with Gasteiger partial charge in [0.25, 0.3) is 0 Å². The van der Waals surface area contributed by atoms with E-state index in [4.69, 9.17) is 23.2 Å². The lowest BCUT2D eigenvalue weighted by atomic mass is 9.97. The Bertz CT molecular complexity index is 749. The van der Waals surface area contributed by atoms with Crippen molar-refractivity contribution in [2.24, 2.45) is 0 Å². The third-order valence-electron chi connectivity index (χ3n) is 3.42. The molecule has 0 bridgehead atoms. The molecule has 2 aromatic carbocycles. The van der Waals surface area contributed by atoms with Gasteiger partial charge in [0.05, 0.1) is 0 Å². The van der Waals surface area contributed by atoms with Gasteiger partial charge in [-0.3, -0.25) is 0 Å². The Morgan fingerprint density at radius 3 is 2.29 bits per heavy atom. The van der Waals surface area contributed by atoms with Gasteiger partial charge in [0, 0.05) is 39.1 Å². The highest BCUT2D eigenvalue weighted by Crippen LogP contribution is 2.35. The smallest absolute Gasteiger partial charge is 0.106 e. The van der Waals surface area contributed by atoms with Crippen molar-refractivity contribution < 1.29 is 5.11 Å². The molecule has 106 valence electrons. The topological polar surface area (TPSA) is 36.0 Å². The van der Waals surface area contributed by atoms with Crippen LogP contribution >= 0.6 is 23.2 Å². The van der Waals surface area contributed by atoms with E-state index in [1.807, 2.05) is 42.6 Å². The number of rotatable bonds is 3. The largest absolute Gasteiger partial charge is 0.384 e. The number of aromatic nitrogens is 1. The van der Waals surface area contributed by atoms with E-state index in [0.29, 0.717) is 10.0 Å². The van der Waals surface area contributed by atoms with Crippen LogP contribution in [-0.2, 0) is 0 Å². The van der Waals surface area contributed by atoms with Crippen LogP contribution in [0.15, 0.2) is 60.9 Å². The van der Waals surface area contributed by atoms with Gasteiger partial charge in [0.2, 0.25) is 0 Å². The van der Waals surface area contributed by atoms with Gasteiger partial charge in [0.15, 0.2) is 0 Å². The second kappa shape index (κ2) is 5.94. The summed E-state index contributed by atoms with van der Waals surface area (Å²) in [6, 6.07) is 14.7. The summed E-state index contributed by atoms with van der Waals surface area (Å²) >= 11 is 12.1. The zero-order valence-corrected chi connectivity index (χ0v) is 12.6. The van der Waals surface area contributed by atoms with Crippen molar-refractivity contribution in [3.8, 4) is 11.1 Å². The van der Waals surface area contributed by atoms with Gasteiger partial charge < -0.3 is 10.1 Å². The molecule has 21 heavy (non-hydrogen) atoms. The third kappa shape index (κ3) is 2.84. The maximum Gasteiger partial charge on any atom is 0.106 e. The van der Waals surface area contributed by atoms with Gasteiger partial charge in [-0.2, -0.15) is 0 Å². The molecule has 2 nitrogen and oxygen atoms in total. The van der Waals surface area contributed by atoms with E-state index in [-0.39, 0.29) is 0 Å². The predicted octanol–water partition coefficient (Wildman–Crippen LogP) is 5.07. The van der Waals surface area contributed by atoms with E-state index < -0.39 is 6.10 Å². The molecule has 1 aromatic heterocycles. The minimum absolute atomic E-state index is 0.645. The Labute approximate surface area is 133 Å². The molecule has 0 radical (unpaired) electrons. The Hall–Kier alpha value is -1.74. The molecule has 2 N–H and O–H groups in total. The van der Waals surface area contributed by atoms with Crippen LogP contribution < -0.4 is 0 Å². The number of hydrogen-bond donors (Lipinski definition) is 2. The van der Waals surface area contributed by atoms with Gasteiger partial charge in [-0.05, 0) is 23.8 Å². The fourth-order valence-electron chi connectivity index (χ4n) is 2.34. The minimum atomic E-state index is -0.736. The van der Waals surface area contributed by atoms with Crippen LogP contribution in [0.4, 0.5) is 0 Å². The average molecular weight is 318 g/mol. The summed E-state index contributed by atoms with van der Waals surface area (Å²) in [5.41, 5.74) is 3.35. The maximum atomic E-state index is 10.6. The summed E-state index contributed by atoms with van der Waals surface area (Å²) in [6.45, 7) is 0. The molecule has 4 heteroatoms. The van der Waals surface area contributed by atoms with Crippen molar-refractivity contribution in [3.63, 3.8) is 0 Å². The molecule has 0 fully saturated rings. The van der Waals surface area contributed by atoms with Gasteiger partial charge >= 0.3 is 0 Å². The Kier molecular flexibility index (Phi) is 4.02. The Morgan fingerprint density at radius 1 is 0.857 bits per heavy atom. The molecule has 1 atom stereocenters. The summed E-state index contributed by atoms with van der Waals surface area (Å²) in [5, 5.41) is 11.9. The highest BCUT2D eigenvalue weighted by Gasteiger charge is 2.17. The quantitative estimate of drug-likeness (QED) is 0.695. The first-order valence-electron chi connectivity index (χ1n) is 6.52. The first-order valence-corrected chi connectivity index (χ1v) is 7.27. The van der Waals surface area contributed by atoms with Crippen molar-refractivity contribution in [2.45, 2.75) is 6.10 Å². The molecule has 0 aliphatic carbocycles. The summed E-state index contributed by atoms with van der Waals surface area (Å²) in [6.07, 6.45) is 2.90. The van der Waals surface area contributed by atoms with E-state index >= 15 is 0 Å².